The van der Waals surface area contributed by atoms with Gasteiger partial charge < -0.3 is 29.2 Å². The summed E-state index contributed by atoms with van der Waals surface area (Å²) in [5.74, 6) is 2.56. The number of rotatable bonds is 9. The van der Waals surface area contributed by atoms with Crippen LogP contribution in [0.25, 0.3) is 0 Å². The average Bonchev–Trinajstić information content (AvgIpc) is 3.05. The van der Waals surface area contributed by atoms with Crippen molar-refractivity contribution in [1.82, 2.24) is 10.2 Å². The Labute approximate surface area is 218 Å². The van der Waals surface area contributed by atoms with Gasteiger partial charge in [-0.05, 0) is 72.7 Å². The van der Waals surface area contributed by atoms with E-state index >= 15 is 0 Å². The Morgan fingerprint density at radius 3 is 2.25 bits per heavy atom. The molecule has 0 spiro atoms. The summed E-state index contributed by atoms with van der Waals surface area (Å²) >= 11 is 0. The first-order chi connectivity index (χ1) is 17.0. The molecule has 4 rings (SSSR count). The predicted molar refractivity (Wildman–Crippen MR) is 139 cm³/mol. The Morgan fingerprint density at radius 2 is 1.67 bits per heavy atom. The SMILES string of the molecule is CCOC(=O)Oc1ccc2c(c1)CC2CNCCC(=O)N1CCc2cc(OC)c(OC)cc2CC1.Cl. The van der Waals surface area contributed by atoms with Gasteiger partial charge in [0.25, 0.3) is 0 Å². The van der Waals surface area contributed by atoms with Crippen molar-refractivity contribution in [3.63, 3.8) is 0 Å². The molecular formula is C27H35ClN2O6. The summed E-state index contributed by atoms with van der Waals surface area (Å²) in [7, 11) is 3.29. The second-order valence-corrected chi connectivity index (χ2v) is 8.86. The number of methoxy groups -OCH3 is 2. The van der Waals surface area contributed by atoms with E-state index in [2.05, 4.69) is 5.32 Å². The molecule has 0 bridgehead atoms. The van der Waals surface area contributed by atoms with E-state index in [4.69, 9.17) is 18.9 Å². The standard InChI is InChI=1S/C27H34N2O6.ClH/c1-4-34-27(31)35-22-5-6-23-20(14-22)13-21(23)17-28-10-7-26(30)29-11-8-18-15-24(32-2)25(33-3)16-19(18)9-12-29;/h5-6,14-16,21,28H,4,7-13,17H2,1-3H3;1H. The van der Waals surface area contributed by atoms with Crippen molar-refractivity contribution in [3.8, 4) is 17.2 Å². The first-order valence-corrected chi connectivity index (χ1v) is 12.2. The summed E-state index contributed by atoms with van der Waals surface area (Å²) < 4.78 is 20.8. The smallest absolute Gasteiger partial charge is 0.493 e. The van der Waals surface area contributed by atoms with Crippen LogP contribution in [-0.2, 0) is 28.8 Å². The van der Waals surface area contributed by atoms with Crippen LogP contribution in [0, 0.1) is 0 Å². The number of hydrogen-bond donors (Lipinski definition) is 1. The molecule has 0 saturated carbocycles. The van der Waals surface area contributed by atoms with Crippen LogP contribution >= 0.6 is 12.4 Å². The van der Waals surface area contributed by atoms with Gasteiger partial charge in [-0.3, -0.25) is 4.79 Å². The zero-order valence-corrected chi connectivity index (χ0v) is 21.9. The van der Waals surface area contributed by atoms with Gasteiger partial charge in [-0.25, -0.2) is 4.79 Å². The van der Waals surface area contributed by atoms with Crippen molar-refractivity contribution >= 4 is 24.5 Å². The second-order valence-electron chi connectivity index (χ2n) is 8.86. The Balaban J connectivity index is 0.00000361. The number of nitrogens with zero attached hydrogens (tertiary/aromatic N) is 1. The topological polar surface area (TPSA) is 86.3 Å². The van der Waals surface area contributed by atoms with Crippen LogP contribution in [-0.4, -0.2) is 64.0 Å². The fourth-order valence-electron chi connectivity index (χ4n) is 4.82. The molecule has 0 fully saturated rings. The van der Waals surface area contributed by atoms with E-state index in [9.17, 15) is 9.59 Å². The van der Waals surface area contributed by atoms with Crippen LogP contribution in [0.3, 0.4) is 0 Å². The Kier molecular flexibility index (Phi) is 9.84. The predicted octanol–water partition coefficient (Wildman–Crippen LogP) is 3.91. The maximum absolute atomic E-state index is 12.8. The normalized spacial score (nSPS) is 15.9. The number of fused-ring (bicyclic) bond motifs is 2. The van der Waals surface area contributed by atoms with Gasteiger partial charge in [0, 0.05) is 38.5 Å². The lowest BCUT2D eigenvalue weighted by molar-refractivity contribution is -0.131. The summed E-state index contributed by atoms with van der Waals surface area (Å²) in [5, 5.41) is 3.44. The van der Waals surface area contributed by atoms with E-state index in [0.29, 0.717) is 37.7 Å². The molecule has 0 radical (unpaired) electrons. The Bertz CT molecular complexity index is 1040. The number of benzene rings is 2. The lowest BCUT2D eigenvalue weighted by Crippen LogP contribution is -2.36. The minimum Gasteiger partial charge on any atom is -0.493 e. The molecule has 196 valence electrons. The van der Waals surface area contributed by atoms with E-state index in [-0.39, 0.29) is 24.9 Å². The molecule has 36 heavy (non-hydrogen) atoms. The second kappa shape index (κ2) is 12.8. The molecule has 1 aliphatic carbocycles. The third kappa shape index (κ3) is 6.42. The Morgan fingerprint density at radius 1 is 1.00 bits per heavy atom. The summed E-state index contributed by atoms with van der Waals surface area (Å²) in [6.45, 7) is 4.94. The molecule has 1 atom stereocenters. The highest BCUT2D eigenvalue weighted by atomic mass is 35.5. The van der Waals surface area contributed by atoms with Crippen molar-refractivity contribution in [1.29, 1.82) is 0 Å². The molecular weight excluding hydrogens is 484 g/mol. The molecule has 2 aliphatic rings. The zero-order valence-electron chi connectivity index (χ0n) is 21.1. The molecule has 1 amide bonds. The highest BCUT2D eigenvalue weighted by molar-refractivity contribution is 5.85. The van der Waals surface area contributed by atoms with E-state index in [0.717, 1.165) is 37.3 Å². The summed E-state index contributed by atoms with van der Waals surface area (Å²) in [6.07, 6.45) is 2.36. The molecule has 8 nitrogen and oxygen atoms in total. The van der Waals surface area contributed by atoms with Crippen LogP contribution in [0.2, 0.25) is 0 Å². The number of ether oxygens (including phenoxy) is 4. The molecule has 0 aromatic heterocycles. The molecule has 9 heteroatoms. The summed E-state index contributed by atoms with van der Waals surface area (Å²) in [4.78, 5) is 26.3. The molecule has 0 saturated heterocycles. The highest BCUT2D eigenvalue weighted by Crippen LogP contribution is 2.37. The third-order valence-corrected chi connectivity index (χ3v) is 6.75. The fraction of sp³-hybridized carbons (Fsp3) is 0.481. The molecule has 1 unspecified atom stereocenters. The van der Waals surface area contributed by atoms with Crippen molar-refractivity contribution in [3.05, 3.63) is 52.6 Å². The van der Waals surface area contributed by atoms with Crippen LogP contribution in [0.4, 0.5) is 4.79 Å². The molecule has 1 aliphatic heterocycles. The lowest BCUT2D eigenvalue weighted by Gasteiger charge is -2.31. The lowest BCUT2D eigenvalue weighted by atomic mass is 9.77. The van der Waals surface area contributed by atoms with Gasteiger partial charge in [0.05, 0.1) is 20.8 Å². The van der Waals surface area contributed by atoms with Gasteiger partial charge >= 0.3 is 6.16 Å². The number of nitrogens with one attached hydrogen (secondary N) is 1. The largest absolute Gasteiger partial charge is 0.513 e. The van der Waals surface area contributed by atoms with Crippen molar-refractivity contribution in [2.75, 3.05) is 47.0 Å². The molecule has 1 heterocycles. The van der Waals surface area contributed by atoms with E-state index in [1.165, 1.54) is 22.3 Å². The van der Waals surface area contributed by atoms with Gasteiger partial charge in [-0.2, -0.15) is 0 Å². The first-order valence-electron chi connectivity index (χ1n) is 12.2. The first kappa shape index (κ1) is 27.6. The number of carbonyl (C=O) groups is 2. The maximum atomic E-state index is 12.8. The monoisotopic (exact) mass is 518 g/mol. The highest BCUT2D eigenvalue weighted by Gasteiger charge is 2.27. The van der Waals surface area contributed by atoms with Gasteiger partial charge in [-0.1, -0.05) is 6.07 Å². The van der Waals surface area contributed by atoms with Gasteiger partial charge in [0.15, 0.2) is 11.5 Å². The number of hydrogen-bond acceptors (Lipinski definition) is 7. The molecule has 2 aromatic rings. The Hall–Kier alpha value is -2.97. The minimum atomic E-state index is -0.678. The zero-order chi connectivity index (χ0) is 24.8. The van der Waals surface area contributed by atoms with Gasteiger partial charge in [0.2, 0.25) is 5.91 Å². The quantitative estimate of drug-likeness (QED) is 0.306. The van der Waals surface area contributed by atoms with E-state index in [1.54, 1.807) is 27.2 Å². The summed E-state index contributed by atoms with van der Waals surface area (Å²) in [5.41, 5.74) is 4.88. The van der Waals surface area contributed by atoms with Crippen molar-refractivity contribution in [2.45, 2.75) is 38.5 Å². The van der Waals surface area contributed by atoms with Crippen LogP contribution < -0.4 is 19.5 Å². The minimum absolute atomic E-state index is 0. The van der Waals surface area contributed by atoms with Crippen LogP contribution in [0.5, 0.6) is 17.2 Å². The number of amides is 1. The fourth-order valence-corrected chi connectivity index (χ4v) is 4.82. The van der Waals surface area contributed by atoms with E-state index < -0.39 is 6.16 Å². The van der Waals surface area contributed by atoms with Crippen LogP contribution in [0.1, 0.15) is 41.5 Å². The molecule has 1 N–H and O–H groups in total. The van der Waals surface area contributed by atoms with E-state index in [1.807, 2.05) is 29.2 Å². The maximum Gasteiger partial charge on any atom is 0.513 e. The summed E-state index contributed by atoms with van der Waals surface area (Å²) in [6, 6.07) is 9.77. The van der Waals surface area contributed by atoms with Gasteiger partial charge in [0.1, 0.15) is 5.75 Å². The number of halogens is 1. The van der Waals surface area contributed by atoms with Crippen molar-refractivity contribution < 1.29 is 28.5 Å². The van der Waals surface area contributed by atoms with Crippen LogP contribution in [0.15, 0.2) is 30.3 Å². The third-order valence-electron chi connectivity index (χ3n) is 6.75. The average molecular weight is 519 g/mol. The molecule has 2 aromatic carbocycles. The number of carbonyl (C=O) groups excluding carboxylic acids is 2. The van der Waals surface area contributed by atoms with Gasteiger partial charge in [-0.15, -0.1) is 12.4 Å². The van der Waals surface area contributed by atoms with Crippen molar-refractivity contribution in [2.24, 2.45) is 0 Å².